The third-order valence-corrected chi connectivity index (χ3v) is 6.18. The van der Waals surface area contributed by atoms with Crippen molar-refractivity contribution >= 4 is 5.78 Å². The number of ether oxygens (including phenoxy) is 2. The molecule has 4 rings (SSSR count). The number of hydrogen-bond donors (Lipinski definition) is 2. The second-order valence-corrected chi connectivity index (χ2v) is 7.07. The van der Waals surface area contributed by atoms with Crippen molar-refractivity contribution in [3.63, 3.8) is 0 Å². The van der Waals surface area contributed by atoms with Crippen LogP contribution in [0, 0.1) is 6.92 Å². The van der Waals surface area contributed by atoms with E-state index in [0.717, 1.165) is 17.7 Å². The van der Waals surface area contributed by atoms with E-state index >= 15 is 0 Å². The molecule has 0 amide bonds. The summed E-state index contributed by atoms with van der Waals surface area (Å²) >= 11 is 0. The smallest absolute Gasteiger partial charge is 0.174 e. The average molecular weight is 317 g/mol. The molecule has 4 atom stereocenters. The molecule has 2 fully saturated rings. The van der Waals surface area contributed by atoms with Crippen LogP contribution in [0.25, 0.3) is 0 Å². The Morgan fingerprint density at radius 1 is 1.39 bits per heavy atom. The molecule has 2 N–H and O–H groups in total. The molecule has 23 heavy (non-hydrogen) atoms. The first kappa shape index (κ1) is 15.0. The van der Waals surface area contributed by atoms with E-state index < -0.39 is 17.1 Å². The molecule has 0 bridgehead atoms. The summed E-state index contributed by atoms with van der Waals surface area (Å²) < 4.78 is 11.6. The van der Waals surface area contributed by atoms with Gasteiger partial charge in [0.15, 0.2) is 23.4 Å². The molecular formula is C18H23NO4. The lowest BCUT2D eigenvalue weighted by molar-refractivity contribution is -0.162. The summed E-state index contributed by atoms with van der Waals surface area (Å²) in [7, 11) is 1.60. The zero-order valence-corrected chi connectivity index (χ0v) is 13.8. The van der Waals surface area contributed by atoms with Gasteiger partial charge in [-0.15, -0.1) is 0 Å². The van der Waals surface area contributed by atoms with Crippen molar-refractivity contribution in [3.8, 4) is 11.5 Å². The number of carbonyl (C=O) groups is 1. The highest BCUT2D eigenvalue weighted by Crippen LogP contribution is 2.60. The molecule has 1 aliphatic carbocycles. The van der Waals surface area contributed by atoms with Crippen LogP contribution in [0.2, 0.25) is 0 Å². The maximum Gasteiger partial charge on any atom is 0.174 e. The Labute approximate surface area is 136 Å². The van der Waals surface area contributed by atoms with Gasteiger partial charge in [0, 0.05) is 18.0 Å². The minimum Gasteiger partial charge on any atom is -0.493 e. The molecule has 2 heterocycles. The summed E-state index contributed by atoms with van der Waals surface area (Å²) in [5.41, 5.74) is 0.337. The van der Waals surface area contributed by atoms with Gasteiger partial charge in [0.05, 0.1) is 18.1 Å². The van der Waals surface area contributed by atoms with Crippen LogP contribution in [0.4, 0.5) is 0 Å². The lowest BCUT2D eigenvalue weighted by Gasteiger charge is -2.56. The molecule has 2 aliphatic heterocycles. The highest BCUT2D eigenvalue weighted by Gasteiger charge is 2.69. The molecule has 0 aromatic heterocycles. The predicted molar refractivity (Wildman–Crippen MR) is 85.1 cm³/mol. The number of carbonyl (C=O) groups excluding carboxylic acids is 1. The first-order valence-electron chi connectivity index (χ1n) is 8.29. The third kappa shape index (κ3) is 1.62. The Bertz CT molecular complexity index is 688. The van der Waals surface area contributed by atoms with E-state index in [1.165, 1.54) is 0 Å². The van der Waals surface area contributed by atoms with Gasteiger partial charge in [0.25, 0.3) is 0 Å². The molecule has 5 heteroatoms. The number of methoxy groups -OCH3 is 1. The number of piperidine rings is 1. The van der Waals surface area contributed by atoms with Crippen LogP contribution in [0.15, 0.2) is 12.1 Å². The van der Waals surface area contributed by atoms with Gasteiger partial charge in [-0.3, -0.25) is 4.79 Å². The van der Waals surface area contributed by atoms with Crippen molar-refractivity contribution in [2.75, 3.05) is 13.7 Å². The Balaban J connectivity index is 2.03. The SMILES string of the molecule is COc1ccc(C)c2c1OC1C(=O)CCC3(O)C(C)NCCC213. The van der Waals surface area contributed by atoms with Gasteiger partial charge < -0.3 is 19.9 Å². The van der Waals surface area contributed by atoms with E-state index in [0.29, 0.717) is 30.8 Å². The van der Waals surface area contributed by atoms with Gasteiger partial charge in [-0.25, -0.2) is 0 Å². The molecule has 124 valence electrons. The van der Waals surface area contributed by atoms with E-state index in [1.54, 1.807) is 7.11 Å². The highest BCUT2D eigenvalue weighted by atomic mass is 16.5. The first-order chi connectivity index (χ1) is 11.0. The van der Waals surface area contributed by atoms with Crippen molar-refractivity contribution in [2.24, 2.45) is 0 Å². The highest BCUT2D eigenvalue weighted by molar-refractivity contribution is 5.89. The van der Waals surface area contributed by atoms with Crippen molar-refractivity contribution in [3.05, 3.63) is 23.3 Å². The first-order valence-corrected chi connectivity index (χ1v) is 8.29. The Morgan fingerprint density at radius 2 is 2.17 bits per heavy atom. The van der Waals surface area contributed by atoms with Gasteiger partial charge in [-0.1, -0.05) is 6.07 Å². The number of ketones is 1. The van der Waals surface area contributed by atoms with Crippen molar-refractivity contribution in [1.82, 2.24) is 5.32 Å². The van der Waals surface area contributed by atoms with Crippen LogP contribution < -0.4 is 14.8 Å². The van der Waals surface area contributed by atoms with Gasteiger partial charge in [-0.2, -0.15) is 0 Å². The number of benzene rings is 1. The normalized spacial score (nSPS) is 38.3. The number of aryl methyl sites for hydroxylation is 1. The summed E-state index contributed by atoms with van der Waals surface area (Å²) in [4.78, 5) is 12.7. The zero-order valence-electron chi connectivity index (χ0n) is 13.8. The molecule has 1 aromatic rings. The number of hydrogen-bond acceptors (Lipinski definition) is 5. The van der Waals surface area contributed by atoms with E-state index in [2.05, 4.69) is 5.32 Å². The van der Waals surface area contributed by atoms with Crippen LogP contribution in [0.3, 0.4) is 0 Å². The van der Waals surface area contributed by atoms with E-state index in [-0.39, 0.29) is 11.8 Å². The topological polar surface area (TPSA) is 67.8 Å². The second kappa shape index (κ2) is 4.71. The third-order valence-electron chi connectivity index (χ3n) is 6.18. The van der Waals surface area contributed by atoms with Gasteiger partial charge in [0.1, 0.15) is 0 Å². The second-order valence-electron chi connectivity index (χ2n) is 7.07. The summed E-state index contributed by atoms with van der Waals surface area (Å²) in [5, 5.41) is 15.0. The number of fused-ring (bicyclic) bond motifs is 1. The largest absolute Gasteiger partial charge is 0.493 e. The lowest BCUT2D eigenvalue weighted by atomic mass is 9.53. The monoisotopic (exact) mass is 317 g/mol. The van der Waals surface area contributed by atoms with E-state index in [4.69, 9.17) is 9.47 Å². The predicted octanol–water partition coefficient (Wildman–Crippen LogP) is 1.48. The molecule has 4 unspecified atom stereocenters. The minimum atomic E-state index is -0.994. The van der Waals surface area contributed by atoms with Crippen molar-refractivity contribution in [1.29, 1.82) is 0 Å². The molecule has 1 saturated carbocycles. The van der Waals surface area contributed by atoms with Gasteiger partial charge >= 0.3 is 0 Å². The molecule has 0 radical (unpaired) electrons. The Kier molecular flexibility index (Phi) is 3.06. The maximum atomic E-state index is 12.7. The van der Waals surface area contributed by atoms with Gasteiger partial charge in [0.2, 0.25) is 0 Å². The number of Topliss-reactive ketones (excluding diaryl/α,β-unsaturated/α-hetero) is 1. The zero-order chi connectivity index (χ0) is 16.4. The maximum absolute atomic E-state index is 12.7. The van der Waals surface area contributed by atoms with E-state index in [9.17, 15) is 9.90 Å². The van der Waals surface area contributed by atoms with Gasteiger partial charge in [-0.05, 0) is 44.9 Å². The summed E-state index contributed by atoms with van der Waals surface area (Å²) in [6, 6.07) is 3.77. The Hall–Kier alpha value is -1.59. The number of aliphatic hydroxyl groups is 1. The van der Waals surface area contributed by atoms with Crippen molar-refractivity contribution < 1.29 is 19.4 Å². The minimum absolute atomic E-state index is 0.0847. The lowest BCUT2D eigenvalue weighted by Crippen LogP contribution is -2.73. The van der Waals surface area contributed by atoms with E-state index in [1.807, 2.05) is 26.0 Å². The molecule has 1 spiro atoms. The quantitative estimate of drug-likeness (QED) is 0.821. The molecule has 1 saturated heterocycles. The fourth-order valence-corrected chi connectivity index (χ4v) is 5.03. The molecular weight excluding hydrogens is 294 g/mol. The summed E-state index contributed by atoms with van der Waals surface area (Å²) in [6.45, 7) is 4.78. The van der Waals surface area contributed by atoms with Crippen LogP contribution in [-0.2, 0) is 10.2 Å². The van der Waals surface area contributed by atoms with Crippen molar-refractivity contribution in [2.45, 2.75) is 56.3 Å². The number of nitrogens with one attached hydrogen (secondary N) is 1. The van der Waals surface area contributed by atoms with Crippen LogP contribution in [-0.4, -0.2) is 42.3 Å². The number of rotatable bonds is 1. The molecule has 3 aliphatic rings. The fourth-order valence-electron chi connectivity index (χ4n) is 5.03. The summed E-state index contributed by atoms with van der Waals surface area (Å²) in [5.74, 6) is 1.36. The summed E-state index contributed by atoms with van der Waals surface area (Å²) in [6.07, 6.45) is 0.890. The van der Waals surface area contributed by atoms with Crippen LogP contribution in [0.1, 0.15) is 37.3 Å². The fraction of sp³-hybridized carbons (Fsp3) is 0.611. The van der Waals surface area contributed by atoms with Crippen LogP contribution in [0.5, 0.6) is 11.5 Å². The molecule has 1 aromatic carbocycles. The van der Waals surface area contributed by atoms with Crippen LogP contribution >= 0.6 is 0 Å². The molecule has 5 nitrogen and oxygen atoms in total. The average Bonchev–Trinajstić information content (AvgIpc) is 2.89. The Morgan fingerprint density at radius 3 is 2.91 bits per heavy atom. The standard InChI is InChI=1S/C18H23NO4/c1-10-4-5-13(22-3)15-14(10)17-8-9-19-11(2)18(17,21)7-6-12(20)16(17)23-15/h4-5,11,16,19,21H,6-9H2,1-3H3.